The van der Waals surface area contributed by atoms with Crippen molar-refractivity contribution in [2.75, 3.05) is 34.2 Å². The molecule has 3 rings (SSSR count). The third-order valence-electron chi connectivity index (χ3n) is 6.61. The van der Waals surface area contributed by atoms with Crippen molar-refractivity contribution in [2.24, 2.45) is 5.41 Å². The van der Waals surface area contributed by atoms with Crippen LogP contribution in [0.15, 0.2) is 30.3 Å². The summed E-state index contributed by atoms with van der Waals surface area (Å²) in [5, 5.41) is 0. The Morgan fingerprint density at radius 3 is 2.05 bits per heavy atom. The van der Waals surface area contributed by atoms with Crippen LogP contribution in [0, 0.1) is 5.41 Å². The molecule has 0 unspecified atom stereocenters. The van der Waals surface area contributed by atoms with Gasteiger partial charge in [-0.25, -0.2) is 0 Å². The van der Waals surface area contributed by atoms with E-state index in [4.69, 9.17) is 0 Å². The van der Waals surface area contributed by atoms with E-state index in [1.807, 2.05) is 0 Å². The van der Waals surface area contributed by atoms with Gasteiger partial charge in [0, 0.05) is 5.54 Å². The van der Waals surface area contributed by atoms with Gasteiger partial charge in [-0.15, -0.1) is 0 Å². The van der Waals surface area contributed by atoms with Crippen molar-refractivity contribution < 1.29 is 0 Å². The first kappa shape index (κ1) is 16.0. The summed E-state index contributed by atoms with van der Waals surface area (Å²) in [6, 6.07) is 11.1. The maximum absolute atomic E-state index is 2.52. The highest BCUT2D eigenvalue weighted by atomic mass is 15.1. The Morgan fingerprint density at radius 2 is 1.50 bits per heavy atom. The van der Waals surface area contributed by atoms with E-state index in [1.165, 1.54) is 63.6 Å². The molecule has 22 heavy (non-hydrogen) atoms. The monoisotopic (exact) mass is 300 g/mol. The van der Waals surface area contributed by atoms with Crippen LogP contribution < -0.4 is 0 Å². The van der Waals surface area contributed by atoms with E-state index in [9.17, 15) is 0 Å². The first-order chi connectivity index (χ1) is 10.5. The van der Waals surface area contributed by atoms with Crippen molar-refractivity contribution in [1.29, 1.82) is 0 Å². The van der Waals surface area contributed by atoms with E-state index >= 15 is 0 Å². The summed E-state index contributed by atoms with van der Waals surface area (Å²) in [4.78, 5) is 5.02. The van der Waals surface area contributed by atoms with Crippen molar-refractivity contribution in [2.45, 2.75) is 50.5 Å². The first-order valence-corrected chi connectivity index (χ1v) is 8.94. The maximum Gasteiger partial charge on any atom is 0.0244 e. The molecule has 1 spiro atoms. The second kappa shape index (κ2) is 6.33. The summed E-state index contributed by atoms with van der Waals surface area (Å²) in [6.07, 6.45) is 9.60. The van der Waals surface area contributed by atoms with Crippen LogP contribution in [0.3, 0.4) is 0 Å². The lowest BCUT2D eigenvalue weighted by molar-refractivity contribution is 0.00471. The third kappa shape index (κ3) is 3.23. The zero-order chi connectivity index (χ0) is 15.6. The molecule has 1 aromatic rings. The molecule has 122 valence electrons. The summed E-state index contributed by atoms with van der Waals surface area (Å²) in [6.45, 7) is 2.60. The molecule has 1 saturated heterocycles. The lowest BCUT2D eigenvalue weighted by atomic mass is 9.61. The molecule has 0 bridgehead atoms. The Labute approximate surface area is 136 Å². The SMILES string of the molecule is CN1CCC2(CC1)CCC(Cc1ccccc1)(N(C)C)CC2. The lowest BCUT2D eigenvalue weighted by Crippen LogP contribution is -2.52. The minimum Gasteiger partial charge on any atom is -0.306 e. The number of likely N-dealkylation sites (tertiary alicyclic amines) is 1. The zero-order valence-electron chi connectivity index (χ0n) is 14.6. The summed E-state index contributed by atoms with van der Waals surface area (Å²) in [5.41, 5.74) is 2.52. The minimum absolute atomic E-state index is 0.371. The standard InChI is InChI=1S/C20H32N2/c1-21(2)20(17-18-7-5-4-6-8-18)11-9-19(10-12-20)13-15-22(3)16-14-19/h4-8H,9-17H2,1-3H3. The van der Waals surface area contributed by atoms with Gasteiger partial charge in [0.05, 0.1) is 0 Å². The molecule has 2 nitrogen and oxygen atoms in total. The highest BCUT2D eigenvalue weighted by Gasteiger charge is 2.44. The Balaban J connectivity index is 1.70. The number of hydrogen-bond acceptors (Lipinski definition) is 2. The highest BCUT2D eigenvalue weighted by Crippen LogP contribution is 2.49. The highest BCUT2D eigenvalue weighted by molar-refractivity contribution is 5.19. The van der Waals surface area contributed by atoms with Crippen LogP contribution in [0.25, 0.3) is 0 Å². The van der Waals surface area contributed by atoms with Gasteiger partial charge in [-0.3, -0.25) is 0 Å². The Hall–Kier alpha value is -0.860. The second-order valence-corrected chi connectivity index (χ2v) is 8.08. The number of likely N-dealkylation sites (N-methyl/N-ethyl adjacent to an activating group) is 1. The van der Waals surface area contributed by atoms with Gasteiger partial charge in [-0.1, -0.05) is 30.3 Å². The van der Waals surface area contributed by atoms with E-state index in [0.29, 0.717) is 11.0 Å². The van der Waals surface area contributed by atoms with Crippen molar-refractivity contribution in [3.63, 3.8) is 0 Å². The normalized spacial score (nSPS) is 24.7. The topological polar surface area (TPSA) is 6.48 Å². The van der Waals surface area contributed by atoms with E-state index in [1.54, 1.807) is 0 Å². The van der Waals surface area contributed by atoms with Crippen molar-refractivity contribution in [3.05, 3.63) is 35.9 Å². The Kier molecular flexibility index (Phi) is 4.61. The molecule has 0 N–H and O–H groups in total. The first-order valence-electron chi connectivity index (χ1n) is 8.94. The van der Waals surface area contributed by atoms with Gasteiger partial charge in [0.2, 0.25) is 0 Å². The van der Waals surface area contributed by atoms with Crippen LogP contribution in [0.4, 0.5) is 0 Å². The van der Waals surface area contributed by atoms with Crippen molar-refractivity contribution in [1.82, 2.24) is 9.80 Å². The van der Waals surface area contributed by atoms with Gasteiger partial charge in [0.1, 0.15) is 0 Å². The van der Waals surface area contributed by atoms with Crippen LogP contribution in [-0.4, -0.2) is 49.6 Å². The molecule has 0 atom stereocenters. The fraction of sp³-hybridized carbons (Fsp3) is 0.700. The summed E-state index contributed by atoms with van der Waals surface area (Å²) < 4.78 is 0. The van der Waals surface area contributed by atoms with Crippen molar-refractivity contribution >= 4 is 0 Å². The fourth-order valence-corrected chi connectivity index (χ4v) is 4.60. The van der Waals surface area contributed by atoms with Crippen LogP contribution >= 0.6 is 0 Å². The average Bonchev–Trinajstić information content (AvgIpc) is 2.54. The van der Waals surface area contributed by atoms with Gasteiger partial charge in [0.25, 0.3) is 0 Å². The van der Waals surface area contributed by atoms with Gasteiger partial charge >= 0.3 is 0 Å². The molecule has 0 amide bonds. The molecule has 1 aliphatic carbocycles. The number of nitrogens with zero attached hydrogens (tertiary/aromatic N) is 2. The molecule has 2 fully saturated rings. The molecular weight excluding hydrogens is 268 g/mol. The van der Waals surface area contributed by atoms with Gasteiger partial charge in [0.15, 0.2) is 0 Å². The van der Waals surface area contributed by atoms with E-state index < -0.39 is 0 Å². The largest absolute Gasteiger partial charge is 0.306 e. The summed E-state index contributed by atoms with van der Waals surface area (Å²) in [7, 11) is 6.85. The van der Waals surface area contributed by atoms with Crippen LogP contribution in [0.2, 0.25) is 0 Å². The fourth-order valence-electron chi connectivity index (χ4n) is 4.60. The zero-order valence-corrected chi connectivity index (χ0v) is 14.6. The predicted molar refractivity (Wildman–Crippen MR) is 94.2 cm³/mol. The summed E-state index contributed by atoms with van der Waals surface area (Å²) in [5.74, 6) is 0. The molecule has 0 aromatic heterocycles. The van der Waals surface area contributed by atoms with E-state index in [2.05, 4.69) is 61.3 Å². The molecule has 2 heteroatoms. The molecule has 2 aliphatic rings. The predicted octanol–water partition coefficient (Wildman–Crippen LogP) is 3.82. The molecule has 0 radical (unpaired) electrons. The molecule has 1 aromatic carbocycles. The third-order valence-corrected chi connectivity index (χ3v) is 6.61. The molecule has 1 aliphatic heterocycles. The quantitative estimate of drug-likeness (QED) is 0.837. The molecule has 1 heterocycles. The number of piperidine rings is 1. The van der Waals surface area contributed by atoms with Gasteiger partial charge in [-0.05, 0) is 90.2 Å². The number of rotatable bonds is 3. The Bertz CT molecular complexity index is 462. The summed E-state index contributed by atoms with van der Waals surface area (Å²) >= 11 is 0. The molecular formula is C20H32N2. The van der Waals surface area contributed by atoms with E-state index in [0.717, 1.165) is 0 Å². The van der Waals surface area contributed by atoms with Crippen LogP contribution in [0.1, 0.15) is 44.1 Å². The number of hydrogen-bond donors (Lipinski definition) is 0. The minimum atomic E-state index is 0.371. The average molecular weight is 300 g/mol. The maximum atomic E-state index is 2.52. The van der Waals surface area contributed by atoms with Gasteiger partial charge < -0.3 is 9.80 Å². The van der Waals surface area contributed by atoms with E-state index in [-0.39, 0.29) is 0 Å². The Morgan fingerprint density at radius 1 is 0.909 bits per heavy atom. The molecule has 1 saturated carbocycles. The lowest BCUT2D eigenvalue weighted by Gasteiger charge is -2.52. The van der Waals surface area contributed by atoms with Crippen LogP contribution in [-0.2, 0) is 6.42 Å². The van der Waals surface area contributed by atoms with Crippen LogP contribution in [0.5, 0.6) is 0 Å². The second-order valence-electron chi connectivity index (χ2n) is 8.08. The number of benzene rings is 1. The smallest absolute Gasteiger partial charge is 0.0244 e. The van der Waals surface area contributed by atoms with Crippen molar-refractivity contribution in [3.8, 4) is 0 Å². The van der Waals surface area contributed by atoms with Gasteiger partial charge in [-0.2, -0.15) is 0 Å².